The molecule has 0 amide bonds. The fourth-order valence-corrected chi connectivity index (χ4v) is 11.6. The van der Waals surface area contributed by atoms with Gasteiger partial charge in [0.1, 0.15) is 30.2 Å². The number of hydrogen-bond donors (Lipinski definition) is 6. The van der Waals surface area contributed by atoms with Crippen molar-refractivity contribution < 1.29 is 49.7 Å². The summed E-state index contributed by atoms with van der Waals surface area (Å²) in [6, 6.07) is 0. The molecule has 0 aromatic rings. The summed E-state index contributed by atoms with van der Waals surface area (Å²) in [4.78, 5) is 26.9. The molecule has 0 aromatic carbocycles. The average Bonchev–Trinajstić information content (AvgIpc) is 3.57. The van der Waals surface area contributed by atoms with Gasteiger partial charge in [-0.05, 0) is 74.0 Å². The molecule has 0 aromatic heterocycles. The van der Waals surface area contributed by atoms with Crippen molar-refractivity contribution in [1.29, 1.82) is 0 Å². The van der Waals surface area contributed by atoms with E-state index in [1.165, 1.54) is 19.4 Å². The summed E-state index contributed by atoms with van der Waals surface area (Å²) in [5.41, 5.74) is -2.37. The summed E-state index contributed by atoms with van der Waals surface area (Å²) in [6.07, 6.45) is -1.18. The number of carbonyl (C=O) groups excluding carboxylic acids is 2. The second-order valence-corrected chi connectivity index (χ2v) is 17.2. The Labute approximate surface area is 266 Å². The maximum Gasteiger partial charge on any atom is 0.186 e. The lowest BCUT2D eigenvalue weighted by Gasteiger charge is -2.61. The van der Waals surface area contributed by atoms with Crippen molar-refractivity contribution in [3.8, 4) is 0 Å². The molecule has 6 aliphatic rings. The van der Waals surface area contributed by atoms with Crippen molar-refractivity contribution in [3.63, 3.8) is 0 Å². The third-order valence-electron chi connectivity index (χ3n) is 14.1. The minimum absolute atomic E-state index is 0.0233. The number of hydrogen-bond acceptors (Lipinski definition) is 10. The van der Waals surface area contributed by atoms with Crippen LogP contribution < -0.4 is 0 Å². The number of fused-ring (bicyclic) bond motifs is 2. The number of aliphatic hydroxyl groups is 6. The zero-order chi connectivity index (χ0) is 33.3. The van der Waals surface area contributed by atoms with Crippen LogP contribution in [0, 0.1) is 44.8 Å². The lowest BCUT2D eigenvalue weighted by atomic mass is 9.44. The Kier molecular flexibility index (Phi) is 7.76. The molecule has 254 valence electrons. The molecule has 4 saturated carbocycles. The molecule has 2 spiro atoms. The highest BCUT2D eigenvalue weighted by Gasteiger charge is 2.84. The predicted octanol–water partition coefficient (Wildman–Crippen LogP) is 2.05. The molecule has 10 heteroatoms. The molecule has 0 bridgehead atoms. The van der Waals surface area contributed by atoms with Crippen LogP contribution in [0.15, 0.2) is 11.6 Å². The Balaban J connectivity index is 1.27. The number of carbonyl (C=O) groups is 2. The van der Waals surface area contributed by atoms with Gasteiger partial charge in [-0.2, -0.15) is 0 Å². The fraction of sp³-hybridized carbons (Fsp3) is 0.886. The fourth-order valence-electron chi connectivity index (χ4n) is 11.6. The number of ketones is 2. The average molecular weight is 635 g/mol. The van der Waals surface area contributed by atoms with Crippen LogP contribution in [0.4, 0.5) is 0 Å². The molecular weight excluding hydrogens is 580 g/mol. The van der Waals surface area contributed by atoms with Crippen LogP contribution in [0.1, 0.15) is 93.4 Å². The highest BCUT2D eigenvalue weighted by molar-refractivity contribution is 5.89. The second kappa shape index (κ2) is 10.4. The Bertz CT molecular complexity index is 1270. The normalized spacial score (nSPS) is 50.0. The van der Waals surface area contributed by atoms with E-state index in [0.29, 0.717) is 19.3 Å². The molecule has 1 heterocycles. The first kappa shape index (κ1) is 33.7. The van der Waals surface area contributed by atoms with E-state index in [1.54, 1.807) is 0 Å². The van der Waals surface area contributed by atoms with Gasteiger partial charge in [-0.3, -0.25) is 9.59 Å². The van der Waals surface area contributed by atoms with Gasteiger partial charge in [0.25, 0.3) is 0 Å². The summed E-state index contributed by atoms with van der Waals surface area (Å²) >= 11 is 0. The smallest absolute Gasteiger partial charge is 0.186 e. The molecule has 6 rings (SSSR count). The second-order valence-electron chi connectivity index (χ2n) is 17.2. The van der Waals surface area contributed by atoms with Crippen LogP contribution >= 0.6 is 0 Å². The first-order chi connectivity index (χ1) is 20.7. The van der Waals surface area contributed by atoms with Crippen molar-refractivity contribution in [2.24, 2.45) is 44.8 Å². The summed E-state index contributed by atoms with van der Waals surface area (Å²) < 4.78 is 11.9. The molecule has 5 fully saturated rings. The highest BCUT2D eigenvalue weighted by Crippen LogP contribution is 2.87. The van der Waals surface area contributed by atoms with Gasteiger partial charge < -0.3 is 40.1 Å². The van der Waals surface area contributed by atoms with Crippen LogP contribution in [0.2, 0.25) is 0 Å². The van der Waals surface area contributed by atoms with E-state index in [1.807, 2.05) is 6.92 Å². The van der Waals surface area contributed by atoms with Gasteiger partial charge in [0.15, 0.2) is 12.1 Å². The maximum atomic E-state index is 13.9. The lowest BCUT2D eigenvalue weighted by Crippen LogP contribution is -2.59. The lowest BCUT2D eigenvalue weighted by molar-refractivity contribution is -0.301. The Hall–Kier alpha value is -1.24. The molecular formula is C35H54O10. The monoisotopic (exact) mass is 634 g/mol. The van der Waals surface area contributed by atoms with Gasteiger partial charge in [0, 0.05) is 29.6 Å². The summed E-state index contributed by atoms with van der Waals surface area (Å²) in [5, 5.41) is 63.4. The van der Waals surface area contributed by atoms with E-state index in [-0.39, 0.29) is 47.6 Å². The molecule has 6 N–H and O–H groups in total. The van der Waals surface area contributed by atoms with E-state index in [0.717, 1.165) is 19.3 Å². The summed E-state index contributed by atoms with van der Waals surface area (Å²) in [5.74, 6) is -1.03. The first-order valence-electron chi connectivity index (χ1n) is 16.9. The molecule has 14 atom stereocenters. The third-order valence-corrected chi connectivity index (χ3v) is 14.1. The van der Waals surface area contributed by atoms with Gasteiger partial charge in [0.05, 0.1) is 24.4 Å². The van der Waals surface area contributed by atoms with Gasteiger partial charge in [-0.25, -0.2) is 0 Å². The number of Topliss-reactive ketones (excluding diaryl/α,β-unsaturated/α-hetero) is 2. The Morgan fingerprint density at radius 1 is 1.13 bits per heavy atom. The molecule has 0 unspecified atom stereocenters. The molecule has 1 saturated heterocycles. The molecule has 5 aliphatic carbocycles. The topological polar surface area (TPSA) is 174 Å². The SMILES string of the molecule is C[C@H](CC(=O)[C@H](O)C(C)(C)O)[C@H]1C(=O)C[C@@]2(C)C3=CC[C@H]4C(C)(C)[C@@H](O[C@@H]5OC[C@@H](O)[C@H](O)[C@H]5O)CC[C@@]45C[C@]35[C@@H](O)C[C@]12C. The number of allylic oxidation sites excluding steroid dienone is 1. The van der Waals surface area contributed by atoms with Crippen molar-refractivity contribution in [2.45, 2.75) is 142 Å². The Morgan fingerprint density at radius 2 is 1.80 bits per heavy atom. The summed E-state index contributed by atoms with van der Waals surface area (Å²) in [7, 11) is 0. The third kappa shape index (κ3) is 4.42. The van der Waals surface area contributed by atoms with Crippen molar-refractivity contribution >= 4 is 11.6 Å². The van der Waals surface area contributed by atoms with Crippen LogP contribution in [-0.4, -0.2) is 97.3 Å². The van der Waals surface area contributed by atoms with Crippen LogP contribution in [0.25, 0.3) is 0 Å². The van der Waals surface area contributed by atoms with Gasteiger partial charge in [0.2, 0.25) is 0 Å². The van der Waals surface area contributed by atoms with Crippen LogP contribution in [0.3, 0.4) is 0 Å². The largest absolute Gasteiger partial charge is 0.392 e. The highest BCUT2D eigenvalue weighted by atomic mass is 16.7. The van der Waals surface area contributed by atoms with E-state index in [9.17, 15) is 40.2 Å². The van der Waals surface area contributed by atoms with E-state index >= 15 is 0 Å². The van der Waals surface area contributed by atoms with E-state index in [4.69, 9.17) is 9.47 Å². The van der Waals surface area contributed by atoms with Gasteiger partial charge in [-0.1, -0.05) is 46.3 Å². The number of rotatable bonds is 7. The number of ether oxygens (including phenoxy) is 2. The van der Waals surface area contributed by atoms with Crippen LogP contribution in [0.5, 0.6) is 0 Å². The van der Waals surface area contributed by atoms with E-state index in [2.05, 4.69) is 33.8 Å². The van der Waals surface area contributed by atoms with Gasteiger partial charge >= 0.3 is 0 Å². The quantitative estimate of drug-likeness (QED) is 0.228. The minimum atomic E-state index is -1.57. The molecule has 10 nitrogen and oxygen atoms in total. The molecule has 1 aliphatic heterocycles. The van der Waals surface area contributed by atoms with Crippen molar-refractivity contribution in [1.82, 2.24) is 0 Å². The zero-order valence-electron chi connectivity index (χ0n) is 27.8. The van der Waals surface area contributed by atoms with Crippen molar-refractivity contribution in [3.05, 3.63) is 11.6 Å². The molecule has 45 heavy (non-hydrogen) atoms. The maximum absolute atomic E-state index is 13.9. The standard InChI is InChI=1S/C35H54O10/c1-17(12-18(36)28(42)31(4,5)43)25-19(37)13-32(6)22-9-8-21-30(2,3)24(45-29-27(41)26(40)20(38)15-44-29)10-11-34(21)16-35(22,34)23(39)14-33(25,32)7/h9,17,20-21,23-29,38-43H,8,10-16H2,1-7H3/t17-,20-,21+,23+,24+,25+,26+,27-,28+,29+,32+,33-,34-,35-/m1/s1. The first-order valence-corrected chi connectivity index (χ1v) is 16.9. The Morgan fingerprint density at radius 3 is 2.44 bits per heavy atom. The minimum Gasteiger partial charge on any atom is -0.392 e. The predicted molar refractivity (Wildman–Crippen MR) is 162 cm³/mol. The molecule has 0 radical (unpaired) electrons. The van der Waals surface area contributed by atoms with Gasteiger partial charge in [-0.15, -0.1) is 0 Å². The van der Waals surface area contributed by atoms with Crippen molar-refractivity contribution in [2.75, 3.05) is 6.61 Å². The summed E-state index contributed by atoms with van der Waals surface area (Å²) in [6.45, 7) is 13.2. The van der Waals surface area contributed by atoms with Crippen LogP contribution in [-0.2, 0) is 19.1 Å². The number of aliphatic hydroxyl groups excluding tert-OH is 5. The zero-order valence-corrected chi connectivity index (χ0v) is 27.8. The van der Waals surface area contributed by atoms with E-state index < -0.39 is 70.4 Å².